The van der Waals surface area contributed by atoms with E-state index < -0.39 is 0 Å². The quantitative estimate of drug-likeness (QED) is 0.907. The fraction of sp³-hybridized carbons (Fsp3) is 0.375. The normalized spacial score (nSPS) is 10.7. The van der Waals surface area contributed by atoms with E-state index in [9.17, 15) is 4.79 Å². The monoisotopic (exact) mass is 286 g/mol. The zero-order chi connectivity index (χ0) is 15.4. The van der Waals surface area contributed by atoms with Crippen molar-refractivity contribution in [2.45, 2.75) is 13.5 Å². The fourth-order valence-corrected chi connectivity index (χ4v) is 2.21. The Kier molecular flexibility index (Phi) is 4.75. The molecule has 0 fully saturated rings. The van der Waals surface area contributed by atoms with Gasteiger partial charge in [0.15, 0.2) is 0 Å². The molecule has 112 valence electrons. The van der Waals surface area contributed by atoms with E-state index in [1.54, 1.807) is 19.0 Å². The van der Waals surface area contributed by atoms with E-state index in [-0.39, 0.29) is 5.91 Å². The van der Waals surface area contributed by atoms with Crippen molar-refractivity contribution in [3.8, 4) is 0 Å². The molecule has 0 aliphatic heterocycles. The lowest BCUT2D eigenvalue weighted by Gasteiger charge is -2.25. The van der Waals surface area contributed by atoms with Crippen molar-refractivity contribution in [1.82, 2.24) is 9.88 Å². The second-order valence-corrected chi connectivity index (χ2v) is 5.17. The molecule has 0 saturated heterocycles. The third kappa shape index (κ3) is 3.31. The highest BCUT2D eigenvalue weighted by atomic mass is 16.2. The molecular weight excluding hydrogens is 264 g/mol. The molecule has 0 unspecified atom stereocenters. The number of fused-ring (bicyclic) bond motifs is 1. The highest BCUT2D eigenvalue weighted by Crippen LogP contribution is 2.23. The topological polar surface area (TPSA) is 62.5 Å². The summed E-state index contributed by atoms with van der Waals surface area (Å²) in [5.74, 6) is 0.851. The maximum Gasteiger partial charge on any atom is 0.241 e. The van der Waals surface area contributed by atoms with Gasteiger partial charge in [0.05, 0.1) is 12.1 Å². The van der Waals surface area contributed by atoms with Gasteiger partial charge in [-0.15, -0.1) is 0 Å². The third-order valence-electron chi connectivity index (χ3n) is 3.51. The minimum Gasteiger partial charge on any atom is -0.347 e. The van der Waals surface area contributed by atoms with E-state index in [2.05, 4.69) is 6.07 Å². The Morgan fingerprint density at radius 3 is 2.62 bits per heavy atom. The van der Waals surface area contributed by atoms with Crippen molar-refractivity contribution in [3.05, 3.63) is 35.9 Å². The number of anilines is 1. The number of rotatable bonds is 5. The first-order valence-electron chi connectivity index (χ1n) is 7.10. The van der Waals surface area contributed by atoms with E-state index in [0.29, 0.717) is 19.6 Å². The van der Waals surface area contributed by atoms with E-state index in [4.69, 9.17) is 10.7 Å². The van der Waals surface area contributed by atoms with Gasteiger partial charge < -0.3 is 15.5 Å². The van der Waals surface area contributed by atoms with Gasteiger partial charge in [0.2, 0.25) is 5.91 Å². The second kappa shape index (κ2) is 6.54. The minimum atomic E-state index is 0.0507. The van der Waals surface area contributed by atoms with E-state index in [0.717, 1.165) is 22.3 Å². The van der Waals surface area contributed by atoms with Crippen LogP contribution in [0.1, 0.15) is 12.5 Å². The average molecular weight is 286 g/mol. The van der Waals surface area contributed by atoms with Crippen molar-refractivity contribution in [2.75, 3.05) is 32.1 Å². The summed E-state index contributed by atoms with van der Waals surface area (Å²) in [5.41, 5.74) is 7.74. The van der Waals surface area contributed by atoms with Gasteiger partial charge in [-0.2, -0.15) is 0 Å². The van der Waals surface area contributed by atoms with Gasteiger partial charge in [0.25, 0.3) is 0 Å². The van der Waals surface area contributed by atoms with Crippen LogP contribution >= 0.6 is 0 Å². The summed E-state index contributed by atoms with van der Waals surface area (Å²) in [7, 11) is 3.52. The van der Waals surface area contributed by atoms with E-state index in [1.165, 1.54) is 0 Å². The molecule has 1 aromatic carbocycles. The number of para-hydroxylation sites is 1. The number of nitrogens with two attached hydrogens (primary N) is 1. The number of hydrogen-bond acceptors (Lipinski definition) is 4. The molecule has 21 heavy (non-hydrogen) atoms. The lowest BCUT2D eigenvalue weighted by molar-refractivity contribution is -0.127. The summed E-state index contributed by atoms with van der Waals surface area (Å²) >= 11 is 0. The van der Waals surface area contributed by atoms with Gasteiger partial charge in [-0.1, -0.05) is 18.2 Å². The Bertz CT molecular complexity index is 639. The number of benzene rings is 1. The molecule has 5 heteroatoms. The first-order chi connectivity index (χ1) is 10.1. The highest BCUT2D eigenvalue weighted by Gasteiger charge is 2.16. The summed E-state index contributed by atoms with van der Waals surface area (Å²) in [5, 5.41) is 1.07. The zero-order valence-corrected chi connectivity index (χ0v) is 12.8. The Hall–Kier alpha value is -2.14. The van der Waals surface area contributed by atoms with Crippen molar-refractivity contribution < 1.29 is 4.79 Å². The number of pyridine rings is 1. The van der Waals surface area contributed by atoms with E-state index in [1.807, 2.05) is 36.1 Å². The number of likely N-dealkylation sites (N-methyl/N-ethyl adjacent to an activating group) is 2. The smallest absolute Gasteiger partial charge is 0.241 e. The Morgan fingerprint density at radius 1 is 1.29 bits per heavy atom. The average Bonchev–Trinajstić information content (AvgIpc) is 2.50. The molecule has 5 nitrogen and oxygen atoms in total. The summed E-state index contributed by atoms with van der Waals surface area (Å²) in [6.07, 6.45) is 0. The standard InChI is InChI=1S/C16H22N4O/c1-4-20(11-15(21)19(2)3)16-13(10-17)9-12-7-5-6-8-14(12)18-16/h5-9H,4,10-11,17H2,1-3H3. The van der Waals surface area contributed by atoms with Crippen LogP contribution < -0.4 is 10.6 Å². The molecule has 1 amide bonds. The maximum absolute atomic E-state index is 12.0. The largest absolute Gasteiger partial charge is 0.347 e. The van der Waals surface area contributed by atoms with Gasteiger partial charge in [0, 0.05) is 38.1 Å². The molecule has 2 rings (SSSR count). The Labute approximate surface area is 125 Å². The number of carbonyl (C=O) groups excluding carboxylic acids is 1. The third-order valence-corrected chi connectivity index (χ3v) is 3.51. The molecule has 0 spiro atoms. The summed E-state index contributed by atoms with van der Waals surface area (Å²) < 4.78 is 0. The van der Waals surface area contributed by atoms with Crippen LogP contribution in [0.4, 0.5) is 5.82 Å². The predicted molar refractivity (Wildman–Crippen MR) is 86.2 cm³/mol. The fourth-order valence-electron chi connectivity index (χ4n) is 2.21. The molecule has 2 N–H and O–H groups in total. The highest BCUT2D eigenvalue weighted by molar-refractivity contribution is 5.84. The molecule has 0 aliphatic carbocycles. The second-order valence-electron chi connectivity index (χ2n) is 5.17. The molecule has 2 aromatic rings. The number of carbonyl (C=O) groups is 1. The van der Waals surface area contributed by atoms with Gasteiger partial charge in [-0.3, -0.25) is 4.79 Å². The van der Waals surface area contributed by atoms with Crippen molar-refractivity contribution >= 4 is 22.6 Å². The van der Waals surface area contributed by atoms with Crippen molar-refractivity contribution in [2.24, 2.45) is 5.73 Å². The van der Waals surface area contributed by atoms with Crippen molar-refractivity contribution in [1.29, 1.82) is 0 Å². The maximum atomic E-state index is 12.0. The first-order valence-corrected chi connectivity index (χ1v) is 7.10. The first kappa shape index (κ1) is 15.3. The van der Waals surface area contributed by atoms with Crippen LogP contribution in [0.25, 0.3) is 10.9 Å². The predicted octanol–water partition coefficient (Wildman–Crippen LogP) is 1.61. The van der Waals surface area contributed by atoms with Crippen molar-refractivity contribution in [3.63, 3.8) is 0 Å². The van der Waals surface area contributed by atoms with Crippen LogP contribution in [0, 0.1) is 0 Å². The van der Waals surface area contributed by atoms with Gasteiger partial charge in [-0.25, -0.2) is 4.98 Å². The Balaban J connectivity index is 2.44. The molecule has 1 heterocycles. The number of hydrogen-bond donors (Lipinski definition) is 1. The lowest BCUT2D eigenvalue weighted by atomic mass is 10.1. The van der Waals surface area contributed by atoms with Crippen LogP contribution in [0.5, 0.6) is 0 Å². The van der Waals surface area contributed by atoms with Gasteiger partial charge >= 0.3 is 0 Å². The minimum absolute atomic E-state index is 0.0507. The summed E-state index contributed by atoms with van der Waals surface area (Å²) in [6, 6.07) is 9.99. The van der Waals surface area contributed by atoms with Crippen LogP contribution in [0.3, 0.4) is 0 Å². The molecule has 0 saturated carbocycles. The Morgan fingerprint density at radius 2 is 2.00 bits per heavy atom. The molecule has 0 atom stereocenters. The molecule has 0 radical (unpaired) electrons. The van der Waals surface area contributed by atoms with Gasteiger partial charge in [0.1, 0.15) is 5.82 Å². The molecule has 1 aromatic heterocycles. The SMILES string of the molecule is CCN(CC(=O)N(C)C)c1nc2ccccc2cc1CN. The molecule has 0 bridgehead atoms. The molecular formula is C16H22N4O. The van der Waals surface area contributed by atoms with Crippen LogP contribution in [-0.2, 0) is 11.3 Å². The van der Waals surface area contributed by atoms with Gasteiger partial charge in [-0.05, 0) is 19.1 Å². The number of aromatic nitrogens is 1. The molecule has 0 aliphatic rings. The van der Waals surface area contributed by atoms with E-state index >= 15 is 0 Å². The number of nitrogens with zero attached hydrogens (tertiary/aromatic N) is 3. The van der Waals surface area contributed by atoms with Crippen LogP contribution in [0.15, 0.2) is 30.3 Å². The van der Waals surface area contributed by atoms with Crippen LogP contribution in [-0.4, -0.2) is 43.0 Å². The summed E-state index contributed by atoms with van der Waals surface area (Å²) in [6.45, 7) is 3.43. The van der Waals surface area contributed by atoms with Crippen LogP contribution in [0.2, 0.25) is 0 Å². The number of amides is 1. The lowest BCUT2D eigenvalue weighted by Crippen LogP contribution is -2.37. The zero-order valence-electron chi connectivity index (χ0n) is 12.8. The summed E-state index contributed by atoms with van der Waals surface area (Å²) in [4.78, 5) is 20.2.